The molecule has 2 aromatic carbocycles. The Hall–Kier alpha value is -3.61. The van der Waals surface area contributed by atoms with E-state index < -0.39 is 0 Å². The van der Waals surface area contributed by atoms with Crippen molar-refractivity contribution in [2.45, 2.75) is 33.9 Å². The number of aryl methyl sites for hydroxylation is 2. The number of para-hydroxylation sites is 1. The van der Waals surface area contributed by atoms with Gasteiger partial charge in [0, 0.05) is 38.4 Å². The predicted octanol–water partition coefficient (Wildman–Crippen LogP) is 3.45. The zero-order chi connectivity index (χ0) is 23.1. The van der Waals surface area contributed by atoms with Gasteiger partial charge in [-0.3, -0.25) is 4.79 Å². The molecule has 0 aliphatic rings. The standard InChI is InChI=1S/C25H32N6O/c1-6-26-25(27-16-20-11-13-21(14-12-20)24(32)30(4)5)28-17-22-9-7-8-10-23(22)31-19(3)15-18(2)29-31/h7-15H,6,16-17H2,1-5H3,(H2,26,27,28). The van der Waals surface area contributed by atoms with Crippen LogP contribution in [0.3, 0.4) is 0 Å². The van der Waals surface area contributed by atoms with Gasteiger partial charge < -0.3 is 15.5 Å². The molecule has 0 unspecified atom stereocenters. The molecule has 0 aliphatic heterocycles. The first-order valence-electron chi connectivity index (χ1n) is 10.8. The van der Waals surface area contributed by atoms with Crippen molar-refractivity contribution in [2.24, 2.45) is 4.99 Å². The van der Waals surface area contributed by atoms with Gasteiger partial charge in [0.15, 0.2) is 5.96 Å². The number of aliphatic imine (C=N–C) groups is 1. The molecule has 0 saturated heterocycles. The molecular formula is C25H32N6O. The van der Waals surface area contributed by atoms with Crippen LogP contribution in [0.2, 0.25) is 0 Å². The number of amides is 1. The minimum absolute atomic E-state index is 0.00339. The molecule has 1 aromatic heterocycles. The fourth-order valence-corrected chi connectivity index (χ4v) is 3.44. The fraction of sp³-hybridized carbons (Fsp3) is 0.320. The highest BCUT2D eigenvalue weighted by Gasteiger charge is 2.10. The molecule has 3 aromatic rings. The molecule has 1 heterocycles. The average molecular weight is 433 g/mol. The number of guanidine groups is 1. The van der Waals surface area contributed by atoms with Gasteiger partial charge in [-0.2, -0.15) is 5.10 Å². The van der Waals surface area contributed by atoms with Crippen LogP contribution in [0.25, 0.3) is 5.69 Å². The van der Waals surface area contributed by atoms with Crippen molar-refractivity contribution in [3.8, 4) is 5.69 Å². The van der Waals surface area contributed by atoms with Gasteiger partial charge in [0.25, 0.3) is 5.91 Å². The molecule has 0 spiro atoms. The fourth-order valence-electron chi connectivity index (χ4n) is 3.44. The molecule has 7 nitrogen and oxygen atoms in total. The predicted molar refractivity (Wildman–Crippen MR) is 129 cm³/mol. The third kappa shape index (κ3) is 5.75. The zero-order valence-corrected chi connectivity index (χ0v) is 19.5. The van der Waals surface area contributed by atoms with Crippen molar-refractivity contribution < 1.29 is 4.79 Å². The van der Waals surface area contributed by atoms with Gasteiger partial charge in [-0.15, -0.1) is 0 Å². The summed E-state index contributed by atoms with van der Waals surface area (Å²) in [5, 5.41) is 11.4. The highest BCUT2D eigenvalue weighted by atomic mass is 16.2. The maximum atomic E-state index is 12.1. The van der Waals surface area contributed by atoms with Crippen LogP contribution in [0.4, 0.5) is 0 Å². The van der Waals surface area contributed by atoms with E-state index in [-0.39, 0.29) is 5.91 Å². The monoisotopic (exact) mass is 432 g/mol. The Morgan fingerprint density at radius 3 is 2.41 bits per heavy atom. The Labute approximate surface area is 190 Å². The minimum Gasteiger partial charge on any atom is -0.357 e. The number of nitrogens with one attached hydrogen (secondary N) is 2. The highest BCUT2D eigenvalue weighted by molar-refractivity contribution is 5.93. The lowest BCUT2D eigenvalue weighted by molar-refractivity contribution is 0.0827. The lowest BCUT2D eigenvalue weighted by Gasteiger charge is -2.15. The van der Waals surface area contributed by atoms with E-state index >= 15 is 0 Å². The van der Waals surface area contributed by atoms with Crippen molar-refractivity contribution in [3.63, 3.8) is 0 Å². The third-order valence-corrected chi connectivity index (χ3v) is 5.05. The smallest absolute Gasteiger partial charge is 0.253 e. The molecule has 0 radical (unpaired) electrons. The number of hydrogen-bond acceptors (Lipinski definition) is 3. The summed E-state index contributed by atoms with van der Waals surface area (Å²) in [4.78, 5) is 18.3. The Balaban J connectivity index is 1.71. The molecule has 168 valence electrons. The summed E-state index contributed by atoms with van der Waals surface area (Å²) in [6.07, 6.45) is 0. The lowest BCUT2D eigenvalue weighted by atomic mass is 10.1. The molecule has 0 fully saturated rings. The Kier molecular flexibility index (Phi) is 7.65. The molecule has 0 bridgehead atoms. The first-order chi connectivity index (χ1) is 15.4. The Morgan fingerprint density at radius 2 is 1.78 bits per heavy atom. The zero-order valence-electron chi connectivity index (χ0n) is 19.5. The Bertz CT molecular complexity index is 1080. The second-order valence-corrected chi connectivity index (χ2v) is 7.91. The number of carbonyl (C=O) groups is 1. The number of nitrogens with zero attached hydrogens (tertiary/aromatic N) is 4. The minimum atomic E-state index is -0.00339. The first-order valence-corrected chi connectivity index (χ1v) is 10.8. The number of aromatic nitrogens is 2. The molecule has 3 rings (SSSR count). The number of hydrogen-bond donors (Lipinski definition) is 2. The third-order valence-electron chi connectivity index (χ3n) is 5.05. The van der Waals surface area contributed by atoms with Crippen LogP contribution in [0.5, 0.6) is 0 Å². The van der Waals surface area contributed by atoms with Crippen molar-refractivity contribution >= 4 is 11.9 Å². The first kappa shape index (κ1) is 23.1. The van der Waals surface area contributed by atoms with Crippen LogP contribution in [0.15, 0.2) is 59.6 Å². The molecule has 7 heteroatoms. The number of carbonyl (C=O) groups excluding carboxylic acids is 1. The van der Waals surface area contributed by atoms with Crippen molar-refractivity contribution in [2.75, 3.05) is 20.6 Å². The summed E-state index contributed by atoms with van der Waals surface area (Å²) in [5.41, 5.74) is 6.01. The molecule has 0 saturated carbocycles. The van der Waals surface area contributed by atoms with Crippen LogP contribution in [-0.2, 0) is 13.1 Å². The largest absolute Gasteiger partial charge is 0.357 e. The highest BCUT2D eigenvalue weighted by Crippen LogP contribution is 2.17. The van der Waals surface area contributed by atoms with Gasteiger partial charge in [-0.05, 0) is 56.2 Å². The van der Waals surface area contributed by atoms with Gasteiger partial charge in [0.1, 0.15) is 0 Å². The lowest BCUT2D eigenvalue weighted by Crippen LogP contribution is -2.37. The van der Waals surface area contributed by atoms with Crippen LogP contribution in [-0.4, -0.2) is 47.2 Å². The quantitative estimate of drug-likeness (QED) is 0.443. The number of rotatable bonds is 7. The van der Waals surface area contributed by atoms with Crippen molar-refractivity contribution in [3.05, 3.63) is 82.7 Å². The Morgan fingerprint density at radius 1 is 1.06 bits per heavy atom. The summed E-state index contributed by atoms with van der Waals surface area (Å²) in [6.45, 7) is 8.02. The van der Waals surface area contributed by atoms with Gasteiger partial charge in [0.2, 0.25) is 0 Å². The maximum Gasteiger partial charge on any atom is 0.253 e. The normalized spacial score (nSPS) is 11.3. The van der Waals surface area contributed by atoms with Gasteiger partial charge in [-0.1, -0.05) is 30.3 Å². The van der Waals surface area contributed by atoms with Crippen LogP contribution < -0.4 is 10.6 Å². The molecular weight excluding hydrogens is 400 g/mol. The molecule has 32 heavy (non-hydrogen) atoms. The maximum absolute atomic E-state index is 12.1. The van der Waals surface area contributed by atoms with E-state index in [9.17, 15) is 4.79 Å². The van der Waals surface area contributed by atoms with Gasteiger partial charge in [0.05, 0.1) is 17.9 Å². The average Bonchev–Trinajstić information content (AvgIpc) is 3.13. The molecule has 0 atom stereocenters. The van der Waals surface area contributed by atoms with Gasteiger partial charge >= 0.3 is 0 Å². The van der Waals surface area contributed by atoms with Crippen LogP contribution in [0.1, 0.15) is 39.8 Å². The second kappa shape index (κ2) is 10.6. The second-order valence-electron chi connectivity index (χ2n) is 7.91. The SMILES string of the molecule is CCNC(=NCc1ccc(C(=O)N(C)C)cc1)NCc1ccccc1-n1nc(C)cc1C. The number of benzene rings is 2. The van der Waals surface area contributed by atoms with E-state index in [1.165, 1.54) is 0 Å². The molecule has 0 aliphatic carbocycles. The van der Waals surface area contributed by atoms with E-state index in [0.29, 0.717) is 18.7 Å². The van der Waals surface area contributed by atoms with Crippen molar-refractivity contribution in [1.82, 2.24) is 25.3 Å². The summed E-state index contributed by atoms with van der Waals surface area (Å²) in [6, 6.07) is 17.9. The topological polar surface area (TPSA) is 74.6 Å². The van der Waals surface area contributed by atoms with E-state index in [4.69, 9.17) is 4.99 Å². The van der Waals surface area contributed by atoms with Crippen LogP contribution >= 0.6 is 0 Å². The van der Waals surface area contributed by atoms with E-state index in [0.717, 1.165) is 40.7 Å². The van der Waals surface area contributed by atoms with Crippen LogP contribution in [0, 0.1) is 13.8 Å². The molecule has 2 N–H and O–H groups in total. The van der Waals surface area contributed by atoms with Gasteiger partial charge in [-0.25, -0.2) is 9.67 Å². The molecule has 1 amide bonds. The van der Waals surface area contributed by atoms with E-state index in [1.54, 1.807) is 19.0 Å². The van der Waals surface area contributed by atoms with Crippen molar-refractivity contribution in [1.29, 1.82) is 0 Å². The summed E-state index contributed by atoms with van der Waals surface area (Å²) in [5.74, 6) is 0.737. The van der Waals surface area contributed by atoms with E-state index in [2.05, 4.69) is 40.9 Å². The van der Waals surface area contributed by atoms with E-state index in [1.807, 2.05) is 54.9 Å². The summed E-state index contributed by atoms with van der Waals surface area (Å²) >= 11 is 0. The summed E-state index contributed by atoms with van der Waals surface area (Å²) in [7, 11) is 3.50. The summed E-state index contributed by atoms with van der Waals surface area (Å²) < 4.78 is 1.98.